The Bertz CT molecular complexity index is 2860. The molecule has 0 aliphatic heterocycles. The van der Waals surface area contributed by atoms with E-state index in [1.54, 1.807) is 0 Å². The Balaban J connectivity index is 1.17. The molecule has 10 rings (SSSR count). The monoisotopic (exact) mass is 651 g/mol. The van der Waals surface area contributed by atoms with Crippen molar-refractivity contribution in [1.29, 1.82) is 0 Å². The van der Waals surface area contributed by atoms with E-state index in [-0.39, 0.29) is 0 Å². The van der Waals surface area contributed by atoms with E-state index < -0.39 is 0 Å². The maximum atomic E-state index is 5.31. The SMILES string of the molecule is Cc1ccccc1-n1c2ccccc2c2cc(-c3ccc4c(c3)c3ccccc3n4-c3cc(-c4ccccc4)cc(-c4ccccc4)n3)ccc21. The summed E-state index contributed by atoms with van der Waals surface area (Å²) in [6, 6.07) is 65.4. The molecular formula is C48H33N3. The number of pyridine rings is 1. The fourth-order valence-electron chi connectivity index (χ4n) is 7.81. The molecule has 0 amide bonds. The summed E-state index contributed by atoms with van der Waals surface area (Å²) in [6.45, 7) is 2.19. The summed E-state index contributed by atoms with van der Waals surface area (Å²) in [5.74, 6) is 0.902. The fourth-order valence-corrected chi connectivity index (χ4v) is 7.81. The van der Waals surface area contributed by atoms with Crippen LogP contribution in [0.15, 0.2) is 182 Å². The molecule has 0 N–H and O–H groups in total. The second-order valence-electron chi connectivity index (χ2n) is 13.3. The molecule has 0 spiro atoms. The lowest BCUT2D eigenvalue weighted by atomic mass is 10.0. The largest absolute Gasteiger partial charge is 0.309 e. The minimum absolute atomic E-state index is 0.902. The predicted octanol–water partition coefficient (Wildman–Crippen LogP) is 12.6. The number of para-hydroxylation sites is 3. The molecule has 10 aromatic rings. The Hall–Kier alpha value is -6.71. The van der Waals surface area contributed by atoms with Crippen molar-refractivity contribution in [2.24, 2.45) is 0 Å². The van der Waals surface area contributed by atoms with E-state index in [0.29, 0.717) is 0 Å². The summed E-state index contributed by atoms with van der Waals surface area (Å²) >= 11 is 0. The summed E-state index contributed by atoms with van der Waals surface area (Å²) in [5.41, 5.74) is 13.9. The first-order valence-corrected chi connectivity index (χ1v) is 17.5. The zero-order valence-corrected chi connectivity index (χ0v) is 28.2. The van der Waals surface area contributed by atoms with Crippen LogP contribution in [0.4, 0.5) is 0 Å². The van der Waals surface area contributed by atoms with Gasteiger partial charge in [-0.15, -0.1) is 0 Å². The van der Waals surface area contributed by atoms with Gasteiger partial charge in [-0.2, -0.15) is 0 Å². The Morgan fingerprint density at radius 3 is 1.51 bits per heavy atom. The van der Waals surface area contributed by atoms with Gasteiger partial charge in [0.05, 0.1) is 27.8 Å². The van der Waals surface area contributed by atoms with Crippen LogP contribution in [0.3, 0.4) is 0 Å². The molecule has 0 saturated carbocycles. The van der Waals surface area contributed by atoms with Gasteiger partial charge in [-0.05, 0) is 89.3 Å². The van der Waals surface area contributed by atoms with E-state index in [0.717, 1.165) is 33.7 Å². The van der Waals surface area contributed by atoms with Crippen LogP contribution < -0.4 is 0 Å². The summed E-state index contributed by atoms with van der Waals surface area (Å²) in [6.07, 6.45) is 0. The topological polar surface area (TPSA) is 22.8 Å². The highest BCUT2D eigenvalue weighted by atomic mass is 15.1. The third kappa shape index (κ3) is 4.78. The van der Waals surface area contributed by atoms with Crippen molar-refractivity contribution in [2.75, 3.05) is 0 Å². The first-order chi connectivity index (χ1) is 25.2. The summed E-state index contributed by atoms with van der Waals surface area (Å²) in [5, 5.41) is 4.93. The number of hydrogen-bond acceptors (Lipinski definition) is 1. The number of fused-ring (bicyclic) bond motifs is 6. The third-order valence-corrected chi connectivity index (χ3v) is 10.3. The molecule has 3 aromatic heterocycles. The van der Waals surface area contributed by atoms with Crippen molar-refractivity contribution >= 4 is 43.6 Å². The number of aryl methyl sites for hydroxylation is 1. The van der Waals surface area contributed by atoms with Crippen LogP contribution >= 0.6 is 0 Å². The molecule has 0 bridgehead atoms. The molecule has 240 valence electrons. The first-order valence-electron chi connectivity index (χ1n) is 17.5. The van der Waals surface area contributed by atoms with Gasteiger partial charge in [0.1, 0.15) is 5.82 Å². The quantitative estimate of drug-likeness (QED) is 0.182. The van der Waals surface area contributed by atoms with E-state index in [4.69, 9.17) is 4.98 Å². The van der Waals surface area contributed by atoms with Crippen LogP contribution in [-0.4, -0.2) is 14.1 Å². The van der Waals surface area contributed by atoms with Gasteiger partial charge in [-0.1, -0.05) is 127 Å². The van der Waals surface area contributed by atoms with Gasteiger partial charge in [0.2, 0.25) is 0 Å². The van der Waals surface area contributed by atoms with E-state index in [9.17, 15) is 0 Å². The smallest absolute Gasteiger partial charge is 0.138 e. The summed E-state index contributed by atoms with van der Waals surface area (Å²) in [4.78, 5) is 5.31. The summed E-state index contributed by atoms with van der Waals surface area (Å²) in [7, 11) is 0. The second-order valence-corrected chi connectivity index (χ2v) is 13.3. The number of benzene rings is 7. The second kappa shape index (κ2) is 11.7. The third-order valence-electron chi connectivity index (χ3n) is 10.3. The molecule has 0 atom stereocenters. The zero-order valence-electron chi connectivity index (χ0n) is 28.2. The van der Waals surface area contributed by atoms with E-state index in [1.165, 1.54) is 60.5 Å². The number of hydrogen-bond donors (Lipinski definition) is 0. The Labute approximate surface area is 296 Å². The molecule has 3 heteroatoms. The Kier molecular flexibility index (Phi) is 6.71. The molecule has 3 nitrogen and oxygen atoms in total. The van der Waals surface area contributed by atoms with Crippen LogP contribution in [0.1, 0.15) is 5.56 Å². The van der Waals surface area contributed by atoms with Crippen molar-refractivity contribution in [3.8, 4) is 45.0 Å². The van der Waals surface area contributed by atoms with Crippen molar-refractivity contribution in [3.05, 3.63) is 188 Å². The molecule has 7 aromatic carbocycles. The molecular weight excluding hydrogens is 619 g/mol. The van der Waals surface area contributed by atoms with Crippen LogP contribution in [0, 0.1) is 6.92 Å². The molecule has 0 unspecified atom stereocenters. The molecule has 0 fully saturated rings. The maximum Gasteiger partial charge on any atom is 0.138 e. The minimum Gasteiger partial charge on any atom is -0.309 e. The average Bonchev–Trinajstić information content (AvgIpc) is 3.71. The highest BCUT2D eigenvalue weighted by Crippen LogP contribution is 2.39. The number of nitrogens with zero attached hydrogens (tertiary/aromatic N) is 3. The molecule has 3 heterocycles. The molecule has 0 saturated heterocycles. The highest BCUT2D eigenvalue weighted by molar-refractivity contribution is 6.12. The molecule has 0 aliphatic carbocycles. The predicted molar refractivity (Wildman–Crippen MR) is 214 cm³/mol. The van der Waals surface area contributed by atoms with Gasteiger partial charge < -0.3 is 4.57 Å². The van der Waals surface area contributed by atoms with Gasteiger partial charge >= 0.3 is 0 Å². The van der Waals surface area contributed by atoms with Crippen LogP contribution in [0.5, 0.6) is 0 Å². The van der Waals surface area contributed by atoms with Gasteiger partial charge in [-0.3, -0.25) is 4.57 Å². The highest BCUT2D eigenvalue weighted by Gasteiger charge is 2.18. The van der Waals surface area contributed by atoms with Gasteiger partial charge in [0.15, 0.2) is 0 Å². The normalized spacial score (nSPS) is 11.6. The first kappa shape index (κ1) is 29.2. The number of aromatic nitrogens is 3. The van der Waals surface area contributed by atoms with Crippen LogP contribution in [0.2, 0.25) is 0 Å². The number of rotatable bonds is 5. The van der Waals surface area contributed by atoms with Gasteiger partial charge in [-0.25, -0.2) is 4.98 Å². The van der Waals surface area contributed by atoms with Crippen molar-refractivity contribution in [2.45, 2.75) is 6.92 Å². The lowest BCUT2D eigenvalue weighted by Crippen LogP contribution is -2.00. The van der Waals surface area contributed by atoms with E-state index in [1.807, 2.05) is 0 Å². The fraction of sp³-hybridized carbons (Fsp3) is 0.0208. The lowest BCUT2D eigenvalue weighted by molar-refractivity contribution is 1.08. The average molecular weight is 652 g/mol. The Morgan fingerprint density at radius 1 is 0.353 bits per heavy atom. The molecule has 0 aliphatic rings. The minimum atomic E-state index is 0.902. The van der Waals surface area contributed by atoms with Gasteiger partial charge in [0.25, 0.3) is 0 Å². The Morgan fingerprint density at radius 2 is 0.863 bits per heavy atom. The zero-order chi connectivity index (χ0) is 33.9. The van der Waals surface area contributed by atoms with Crippen molar-refractivity contribution in [1.82, 2.24) is 14.1 Å². The van der Waals surface area contributed by atoms with Gasteiger partial charge in [0, 0.05) is 32.8 Å². The van der Waals surface area contributed by atoms with Crippen LogP contribution in [-0.2, 0) is 0 Å². The van der Waals surface area contributed by atoms with E-state index in [2.05, 4.69) is 198 Å². The molecule has 0 radical (unpaired) electrons. The maximum absolute atomic E-state index is 5.31. The van der Waals surface area contributed by atoms with Crippen molar-refractivity contribution < 1.29 is 0 Å². The lowest BCUT2D eigenvalue weighted by Gasteiger charge is -2.13. The van der Waals surface area contributed by atoms with Crippen LogP contribution in [0.25, 0.3) is 88.6 Å². The van der Waals surface area contributed by atoms with Crippen molar-refractivity contribution in [3.63, 3.8) is 0 Å². The standard InChI is InChI=1S/C48H33N3/c1-32-14-8-11-21-43(32)50-44-22-12-9-19-38(44)40-28-35(24-26-46(40)50)36-25-27-47-41(29-36)39-20-10-13-23-45(39)51(47)48-31-37(33-15-4-2-5-16-33)30-42(49-48)34-17-6-3-7-18-34/h2-31H,1H3. The summed E-state index contributed by atoms with van der Waals surface area (Å²) < 4.78 is 4.73. The molecule has 51 heavy (non-hydrogen) atoms. The van der Waals surface area contributed by atoms with E-state index >= 15 is 0 Å².